The van der Waals surface area contributed by atoms with E-state index in [-0.39, 0.29) is 19.8 Å². The summed E-state index contributed by atoms with van der Waals surface area (Å²) in [5, 5.41) is 15.4. The van der Waals surface area contributed by atoms with Gasteiger partial charge in [0.1, 0.15) is 0 Å². The van der Waals surface area contributed by atoms with E-state index in [4.69, 9.17) is 9.47 Å². The molecule has 2 aromatic rings. The first-order valence-electron chi connectivity index (χ1n) is 8.68. The number of ether oxygens (including phenoxy) is 2. The van der Waals surface area contributed by atoms with Gasteiger partial charge in [0.15, 0.2) is 11.5 Å². The van der Waals surface area contributed by atoms with Crippen molar-refractivity contribution in [2.75, 3.05) is 18.7 Å². The van der Waals surface area contributed by atoms with Crippen molar-refractivity contribution in [3.05, 3.63) is 53.1 Å². The Morgan fingerprint density at radius 2 is 1.89 bits per heavy atom. The number of aliphatic hydroxyl groups excluding tert-OH is 1. The lowest BCUT2D eigenvalue weighted by Gasteiger charge is -2.13. The van der Waals surface area contributed by atoms with Gasteiger partial charge in [-0.05, 0) is 55.2 Å². The molecule has 0 aliphatic carbocycles. The first-order chi connectivity index (χ1) is 13.0. The monoisotopic (exact) mass is 370 g/mol. The van der Waals surface area contributed by atoms with Gasteiger partial charge in [0.2, 0.25) is 6.79 Å². The fourth-order valence-corrected chi connectivity index (χ4v) is 2.76. The first kappa shape index (κ1) is 18.7. The Labute approximate surface area is 157 Å². The van der Waals surface area contributed by atoms with E-state index < -0.39 is 17.9 Å². The molecule has 7 nitrogen and oxygen atoms in total. The van der Waals surface area contributed by atoms with E-state index in [9.17, 15) is 14.7 Å². The lowest BCUT2D eigenvalue weighted by molar-refractivity contribution is -0.136. The average Bonchev–Trinajstić information content (AvgIpc) is 3.13. The van der Waals surface area contributed by atoms with Gasteiger partial charge in [-0.25, -0.2) is 0 Å². The van der Waals surface area contributed by atoms with Gasteiger partial charge in [0, 0.05) is 12.2 Å². The summed E-state index contributed by atoms with van der Waals surface area (Å²) in [6.45, 7) is 4.14. The van der Waals surface area contributed by atoms with E-state index in [0.29, 0.717) is 22.7 Å². The SMILES string of the molecule is Cc1cccc(NC(=O)C(=O)NCC[C@H](O)c2ccc3c(c2)OCO3)c1C. The van der Waals surface area contributed by atoms with Crippen LogP contribution in [0.3, 0.4) is 0 Å². The van der Waals surface area contributed by atoms with E-state index in [1.165, 1.54) is 0 Å². The maximum absolute atomic E-state index is 12.0. The zero-order chi connectivity index (χ0) is 19.4. The number of carbonyl (C=O) groups is 2. The molecule has 1 heterocycles. The van der Waals surface area contributed by atoms with E-state index in [1.807, 2.05) is 26.0 Å². The minimum Gasteiger partial charge on any atom is -0.454 e. The predicted octanol–water partition coefficient (Wildman–Crippen LogP) is 2.21. The van der Waals surface area contributed by atoms with Gasteiger partial charge in [-0.1, -0.05) is 18.2 Å². The Morgan fingerprint density at radius 1 is 1.11 bits per heavy atom. The molecule has 3 N–H and O–H groups in total. The molecule has 27 heavy (non-hydrogen) atoms. The summed E-state index contributed by atoms with van der Waals surface area (Å²) < 4.78 is 10.5. The van der Waals surface area contributed by atoms with Gasteiger partial charge in [-0.15, -0.1) is 0 Å². The first-order valence-corrected chi connectivity index (χ1v) is 8.68. The van der Waals surface area contributed by atoms with Gasteiger partial charge in [-0.2, -0.15) is 0 Å². The minimum absolute atomic E-state index is 0.161. The zero-order valence-electron chi connectivity index (χ0n) is 15.2. The Morgan fingerprint density at radius 3 is 2.70 bits per heavy atom. The van der Waals surface area contributed by atoms with Crippen LogP contribution in [0.2, 0.25) is 0 Å². The van der Waals surface area contributed by atoms with Crippen molar-refractivity contribution in [2.45, 2.75) is 26.4 Å². The molecular weight excluding hydrogens is 348 g/mol. The van der Waals surface area contributed by atoms with Gasteiger partial charge in [-0.3, -0.25) is 9.59 Å². The highest BCUT2D eigenvalue weighted by Crippen LogP contribution is 2.34. The second-order valence-corrected chi connectivity index (χ2v) is 6.37. The summed E-state index contributed by atoms with van der Waals surface area (Å²) in [5.41, 5.74) is 3.21. The van der Waals surface area contributed by atoms with Crippen molar-refractivity contribution in [1.82, 2.24) is 5.32 Å². The van der Waals surface area contributed by atoms with Crippen LogP contribution >= 0.6 is 0 Å². The van der Waals surface area contributed by atoms with Crippen LogP contribution in [0.1, 0.15) is 29.2 Å². The van der Waals surface area contributed by atoms with E-state index in [2.05, 4.69) is 10.6 Å². The van der Waals surface area contributed by atoms with Gasteiger partial charge < -0.3 is 25.2 Å². The molecule has 0 fully saturated rings. The smallest absolute Gasteiger partial charge is 0.313 e. The zero-order valence-corrected chi connectivity index (χ0v) is 15.2. The van der Waals surface area contributed by atoms with Crippen molar-refractivity contribution >= 4 is 17.5 Å². The fraction of sp³-hybridized carbons (Fsp3) is 0.300. The van der Waals surface area contributed by atoms with Crippen LogP contribution in [0, 0.1) is 13.8 Å². The third kappa shape index (κ3) is 4.38. The molecule has 0 unspecified atom stereocenters. The van der Waals surface area contributed by atoms with Gasteiger partial charge in [0.05, 0.1) is 6.10 Å². The second kappa shape index (κ2) is 8.09. The van der Waals surface area contributed by atoms with E-state index in [0.717, 1.165) is 11.1 Å². The largest absolute Gasteiger partial charge is 0.454 e. The molecule has 0 radical (unpaired) electrons. The van der Waals surface area contributed by atoms with Crippen molar-refractivity contribution < 1.29 is 24.2 Å². The number of rotatable bonds is 5. The Bertz CT molecular complexity index is 865. The highest BCUT2D eigenvalue weighted by atomic mass is 16.7. The summed E-state index contributed by atoms with van der Waals surface area (Å²) in [6, 6.07) is 10.7. The number of nitrogens with one attached hydrogen (secondary N) is 2. The number of aryl methyl sites for hydroxylation is 1. The number of benzene rings is 2. The normalized spacial score (nSPS) is 13.1. The molecule has 142 valence electrons. The molecule has 2 aromatic carbocycles. The van der Waals surface area contributed by atoms with Crippen LogP contribution in [-0.2, 0) is 9.59 Å². The summed E-state index contributed by atoms with van der Waals surface area (Å²) in [6.07, 6.45) is -0.524. The number of aliphatic hydroxyl groups is 1. The summed E-state index contributed by atoms with van der Waals surface area (Å²) in [7, 11) is 0. The number of hydrogen-bond acceptors (Lipinski definition) is 5. The number of carbonyl (C=O) groups excluding carboxylic acids is 2. The molecule has 2 amide bonds. The van der Waals surface area contributed by atoms with Crippen LogP contribution in [0.15, 0.2) is 36.4 Å². The molecule has 7 heteroatoms. The minimum atomic E-state index is -0.790. The topological polar surface area (TPSA) is 96.9 Å². The fourth-order valence-electron chi connectivity index (χ4n) is 2.76. The lowest BCUT2D eigenvalue weighted by Crippen LogP contribution is -2.36. The van der Waals surface area contributed by atoms with Crippen LogP contribution in [-0.4, -0.2) is 30.3 Å². The van der Waals surface area contributed by atoms with E-state index >= 15 is 0 Å². The Hall–Kier alpha value is -3.06. The number of hydrogen-bond donors (Lipinski definition) is 3. The molecule has 1 aliphatic heterocycles. The van der Waals surface area contributed by atoms with Crippen LogP contribution < -0.4 is 20.1 Å². The molecule has 0 spiro atoms. The standard InChI is InChI=1S/C20H22N2O5/c1-12-4-3-5-15(13(12)2)22-20(25)19(24)21-9-8-16(23)14-6-7-17-18(10-14)27-11-26-17/h3-7,10,16,23H,8-9,11H2,1-2H3,(H,21,24)(H,22,25)/t16-/m0/s1. The number of amides is 2. The highest BCUT2D eigenvalue weighted by Gasteiger charge is 2.18. The predicted molar refractivity (Wildman–Crippen MR) is 99.7 cm³/mol. The number of fused-ring (bicyclic) bond motifs is 1. The lowest BCUT2D eigenvalue weighted by atomic mass is 10.1. The molecule has 0 saturated carbocycles. The summed E-state index contributed by atoms with van der Waals surface area (Å²) in [5.74, 6) is -0.249. The van der Waals surface area contributed by atoms with Gasteiger partial charge >= 0.3 is 11.8 Å². The van der Waals surface area contributed by atoms with Gasteiger partial charge in [0.25, 0.3) is 0 Å². The van der Waals surface area contributed by atoms with E-state index in [1.54, 1.807) is 24.3 Å². The molecule has 0 saturated heterocycles. The Kier molecular flexibility index (Phi) is 5.61. The quantitative estimate of drug-likeness (QED) is 0.701. The Balaban J connectivity index is 1.48. The highest BCUT2D eigenvalue weighted by molar-refractivity contribution is 6.39. The van der Waals surface area contributed by atoms with Crippen molar-refractivity contribution in [2.24, 2.45) is 0 Å². The van der Waals surface area contributed by atoms with Crippen LogP contribution in [0.25, 0.3) is 0 Å². The molecule has 0 bridgehead atoms. The van der Waals surface area contributed by atoms with Crippen molar-refractivity contribution in [3.8, 4) is 11.5 Å². The molecule has 1 aliphatic rings. The summed E-state index contributed by atoms with van der Waals surface area (Å²) in [4.78, 5) is 24.0. The number of anilines is 1. The molecule has 3 rings (SSSR count). The van der Waals surface area contributed by atoms with Crippen LogP contribution in [0.4, 0.5) is 5.69 Å². The van der Waals surface area contributed by atoms with Crippen molar-refractivity contribution in [3.63, 3.8) is 0 Å². The second-order valence-electron chi connectivity index (χ2n) is 6.37. The van der Waals surface area contributed by atoms with Crippen molar-refractivity contribution in [1.29, 1.82) is 0 Å². The molecule has 0 aromatic heterocycles. The maximum atomic E-state index is 12.0. The average molecular weight is 370 g/mol. The third-order valence-electron chi connectivity index (χ3n) is 4.54. The summed E-state index contributed by atoms with van der Waals surface area (Å²) >= 11 is 0. The molecule has 1 atom stereocenters. The third-order valence-corrected chi connectivity index (χ3v) is 4.54. The maximum Gasteiger partial charge on any atom is 0.313 e. The molecular formula is C20H22N2O5. The van der Waals surface area contributed by atoms with Crippen LogP contribution in [0.5, 0.6) is 11.5 Å².